The van der Waals surface area contributed by atoms with E-state index < -0.39 is 0 Å². The van der Waals surface area contributed by atoms with Crippen molar-refractivity contribution in [2.75, 3.05) is 6.54 Å². The Morgan fingerprint density at radius 1 is 1.15 bits per heavy atom. The van der Waals surface area contributed by atoms with Crippen LogP contribution >= 0.6 is 0 Å². The van der Waals surface area contributed by atoms with Crippen molar-refractivity contribution in [3.05, 3.63) is 63.8 Å². The normalized spacial score (nSPS) is 14.1. The summed E-state index contributed by atoms with van der Waals surface area (Å²) in [5, 5.41) is 29.1. The molecule has 4 rings (SSSR count). The summed E-state index contributed by atoms with van der Waals surface area (Å²) >= 11 is 0. The van der Waals surface area contributed by atoms with Crippen LogP contribution in [0.1, 0.15) is 16.8 Å². The molecule has 1 aliphatic heterocycles. The lowest BCUT2D eigenvalue weighted by atomic mass is 10.0. The van der Waals surface area contributed by atoms with Crippen LogP contribution in [0.25, 0.3) is 11.4 Å². The molecule has 0 amide bonds. The molecule has 0 unspecified atom stereocenters. The molecule has 4 N–H and O–H groups in total. The maximum Gasteiger partial charge on any atom is 0.254 e. The molecule has 1 aromatic carbocycles. The third-order valence-electron chi connectivity index (χ3n) is 4.66. The Morgan fingerprint density at radius 3 is 2.74 bits per heavy atom. The second-order valence-corrected chi connectivity index (χ2v) is 6.51. The Labute approximate surface area is 154 Å². The van der Waals surface area contributed by atoms with Crippen molar-refractivity contribution in [3.8, 4) is 28.6 Å². The summed E-state index contributed by atoms with van der Waals surface area (Å²) in [6, 6.07) is 6.06. The van der Waals surface area contributed by atoms with Crippen molar-refractivity contribution in [1.82, 2.24) is 19.9 Å². The fourth-order valence-electron chi connectivity index (χ4n) is 3.24. The summed E-state index contributed by atoms with van der Waals surface area (Å²) in [6.45, 7) is 1.41. The lowest BCUT2D eigenvalue weighted by molar-refractivity contribution is 0.237. The average molecular weight is 366 g/mol. The molecule has 0 saturated heterocycles. The van der Waals surface area contributed by atoms with E-state index in [-0.39, 0.29) is 22.8 Å². The van der Waals surface area contributed by atoms with Crippen LogP contribution in [0.5, 0.6) is 17.2 Å². The number of aromatic amines is 1. The molecule has 0 spiro atoms. The van der Waals surface area contributed by atoms with E-state index in [0.717, 1.165) is 11.6 Å². The lowest BCUT2D eigenvalue weighted by Gasteiger charge is -2.28. The van der Waals surface area contributed by atoms with Gasteiger partial charge in [-0.05, 0) is 24.6 Å². The number of hydrogen-bond donors (Lipinski definition) is 4. The molecule has 0 saturated carbocycles. The van der Waals surface area contributed by atoms with E-state index in [1.807, 2.05) is 11.0 Å². The van der Waals surface area contributed by atoms with E-state index in [2.05, 4.69) is 15.0 Å². The minimum absolute atomic E-state index is 0.0917. The number of aromatic nitrogens is 3. The zero-order valence-corrected chi connectivity index (χ0v) is 14.4. The minimum atomic E-state index is -0.366. The number of aromatic hydroxyl groups is 3. The highest BCUT2D eigenvalue weighted by Crippen LogP contribution is 2.33. The van der Waals surface area contributed by atoms with Crippen LogP contribution in [0.4, 0.5) is 0 Å². The minimum Gasteiger partial charge on any atom is -0.507 e. The largest absolute Gasteiger partial charge is 0.507 e. The summed E-state index contributed by atoms with van der Waals surface area (Å²) in [4.78, 5) is 25.9. The van der Waals surface area contributed by atoms with Crippen molar-refractivity contribution in [3.63, 3.8) is 0 Å². The number of fused-ring (bicyclic) bond motifs is 1. The lowest BCUT2D eigenvalue weighted by Crippen LogP contribution is -2.35. The summed E-state index contributed by atoms with van der Waals surface area (Å²) in [5.74, 6) is -0.270. The van der Waals surface area contributed by atoms with E-state index in [1.165, 1.54) is 6.07 Å². The smallest absolute Gasteiger partial charge is 0.254 e. The van der Waals surface area contributed by atoms with Crippen LogP contribution in [0, 0.1) is 0 Å². The van der Waals surface area contributed by atoms with E-state index in [0.29, 0.717) is 48.7 Å². The molecule has 3 heterocycles. The summed E-state index contributed by atoms with van der Waals surface area (Å²) in [6.07, 6.45) is 3.83. The molecule has 27 heavy (non-hydrogen) atoms. The van der Waals surface area contributed by atoms with Gasteiger partial charge in [-0.3, -0.25) is 14.7 Å². The molecule has 8 heteroatoms. The number of benzene rings is 1. The number of nitrogens with zero attached hydrogens (tertiary/aromatic N) is 3. The van der Waals surface area contributed by atoms with Gasteiger partial charge in [-0.15, -0.1) is 0 Å². The molecule has 2 aromatic heterocycles. The summed E-state index contributed by atoms with van der Waals surface area (Å²) in [7, 11) is 0. The summed E-state index contributed by atoms with van der Waals surface area (Å²) in [5.41, 5.74) is 2.42. The molecule has 3 aromatic rings. The van der Waals surface area contributed by atoms with E-state index in [4.69, 9.17) is 0 Å². The molecule has 8 nitrogen and oxygen atoms in total. The predicted octanol–water partition coefficient (Wildman–Crippen LogP) is 1.51. The van der Waals surface area contributed by atoms with E-state index in [9.17, 15) is 20.1 Å². The number of phenolic OH excluding ortho intramolecular Hbond substituents is 3. The maximum atomic E-state index is 12.4. The van der Waals surface area contributed by atoms with Gasteiger partial charge in [0.1, 0.15) is 11.6 Å². The SMILES string of the molecule is O=c1[nH]c(-c2cccnc2)nc2c1CCN(Cc1cc(O)c(O)cc1O)C2. The Hall–Kier alpha value is -3.39. The molecule has 0 bridgehead atoms. The van der Waals surface area contributed by atoms with E-state index in [1.54, 1.807) is 18.5 Å². The van der Waals surface area contributed by atoms with Gasteiger partial charge in [-0.2, -0.15) is 0 Å². The van der Waals surface area contributed by atoms with Crippen molar-refractivity contribution in [2.24, 2.45) is 0 Å². The van der Waals surface area contributed by atoms with Crippen molar-refractivity contribution in [2.45, 2.75) is 19.5 Å². The molecule has 0 radical (unpaired) electrons. The maximum absolute atomic E-state index is 12.4. The first-order valence-electron chi connectivity index (χ1n) is 8.50. The Morgan fingerprint density at radius 2 is 1.96 bits per heavy atom. The first-order valence-corrected chi connectivity index (χ1v) is 8.50. The average Bonchev–Trinajstić information content (AvgIpc) is 2.66. The highest BCUT2D eigenvalue weighted by Gasteiger charge is 2.22. The van der Waals surface area contributed by atoms with Crippen LogP contribution in [-0.4, -0.2) is 41.7 Å². The Bertz CT molecular complexity index is 1050. The van der Waals surface area contributed by atoms with Crippen LogP contribution in [0.3, 0.4) is 0 Å². The number of nitrogens with one attached hydrogen (secondary N) is 1. The molecule has 0 fully saturated rings. The predicted molar refractivity (Wildman–Crippen MR) is 97.3 cm³/mol. The van der Waals surface area contributed by atoms with Gasteiger partial charge < -0.3 is 20.3 Å². The molecule has 0 atom stereocenters. The molecule has 1 aliphatic rings. The monoisotopic (exact) mass is 366 g/mol. The zero-order chi connectivity index (χ0) is 19.0. The first kappa shape index (κ1) is 17.0. The van der Waals surface area contributed by atoms with Gasteiger partial charge in [0.05, 0.1) is 5.69 Å². The Kier molecular flexibility index (Phi) is 4.25. The van der Waals surface area contributed by atoms with Crippen LogP contribution in [0.2, 0.25) is 0 Å². The van der Waals surface area contributed by atoms with Gasteiger partial charge in [0, 0.05) is 54.8 Å². The summed E-state index contributed by atoms with van der Waals surface area (Å²) < 4.78 is 0. The third kappa shape index (κ3) is 3.34. The fourth-order valence-corrected chi connectivity index (χ4v) is 3.24. The van der Waals surface area contributed by atoms with Gasteiger partial charge in [0.25, 0.3) is 5.56 Å². The highest BCUT2D eigenvalue weighted by molar-refractivity contribution is 5.53. The fraction of sp³-hybridized carbons (Fsp3) is 0.211. The second-order valence-electron chi connectivity index (χ2n) is 6.51. The molecule has 0 aliphatic carbocycles. The number of pyridine rings is 1. The first-order chi connectivity index (χ1) is 13.0. The molecular weight excluding hydrogens is 348 g/mol. The van der Waals surface area contributed by atoms with Crippen molar-refractivity contribution >= 4 is 0 Å². The topological polar surface area (TPSA) is 123 Å². The number of H-pyrrole nitrogens is 1. The Balaban J connectivity index is 1.62. The number of hydrogen-bond acceptors (Lipinski definition) is 7. The third-order valence-corrected chi connectivity index (χ3v) is 4.66. The van der Waals surface area contributed by atoms with Gasteiger partial charge in [-0.1, -0.05) is 0 Å². The van der Waals surface area contributed by atoms with Gasteiger partial charge in [0.15, 0.2) is 11.5 Å². The second kappa shape index (κ2) is 6.73. The van der Waals surface area contributed by atoms with Gasteiger partial charge >= 0.3 is 0 Å². The molecule has 138 valence electrons. The quantitative estimate of drug-likeness (QED) is 0.409. The number of rotatable bonds is 3. The standard InChI is InChI=1S/C19H18N4O4/c24-15-7-17(26)16(25)6-12(15)9-23-5-3-13-14(10-23)21-18(22-19(13)27)11-2-1-4-20-8-11/h1-2,4,6-8,24-26H,3,5,9-10H2,(H,21,22,27). The van der Waals surface area contributed by atoms with Gasteiger partial charge in [0.2, 0.25) is 0 Å². The number of phenols is 3. The van der Waals surface area contributed by atoms with E-state index >= 15 is 0 Å². The van der Waals surface area contributed by atoms with Gasteiger partial charge in [-0.25, -0.2) is 4.98 Å². The van der Waals surface area contributed by atoms with Crippen LogP contribution in [-0.2, 0) is 19.5 Å². The van der Waals surface area contributed by atoms with Crippen LogP contribution in [0.15, 0.2) is 41.5 Å². The van der Waals surface area contributed by atoms with Crippen LogP contribution < -0.4 is 5.56 Å². The van der Waals surface area contributed by atoms with Crippen molar-refractivity contribution in [1.29, 1.82) is 0 Å². The molecular formula is C19H18N4O4. The zero-order valence-electron chi connectivity index (χ0n) is 14.4. The van der Waals surface area contributed by atoms with Crippen molar-refractivity contribution < 1.29 is 15.3 Å². The highest BCUT2D eigenvalue weighted by atomic mass is 16.3.